The molecule has 2 heteroatoms. The molecule has 0 aliphatic carbocycles. The summed E-state index contributed by atoms with van der Waals surface area (Å²) in [5, 5.41) is 3.53. The van der Waals surface area contributed by atoms with Gasteiger partial charge >= 0.3 is 0 Å². The maximum absolute atomic E-state index is 3.53. The number of rotatable bonds is 4. The Bertz CT molecular complexity index is 143. The summed E-state index contributed by atoms with van der Waals surface area (Å²) in [4.78, 5) is 2.62. The largest absolute Gasteiger partial charge is 0.313 e. The first-order valence-corrected chi connectivity index (χ1v) is 5.60. The van der Waals surface area contributed by atoms with Gasteiger partial charge in [0.1, 0.15) is 0 Å². The van der Waals surface area contributed by atoms with Crippen molar-refractivity contribution in [2.75, 3.05) is 13.1 Å². The topological polar surface area (TPSA) is 15.3 Å². The zero-order chi connectivity index (χ0) is 9.84. The molecular weight excluding hydrogens is 160 g/mol. The first kappa shape index (κ1) is 11.0. The molecule has 0 saturated carbocycles. The molecule has 1 N–H and O–H groups in total. The van der Waals surface area contributed by atoms with Gasteiger partial charge in [-0.3, -0.25) is 4.90 Å². The van der Waals surface area contributed by atoms with Gasteiger partial charge in [0, 0.05) is 24.7 Å². The van der Waals surface area contributed by atoms with E-state index >= 15 is 0 Å². The molecule has 0 spiro atoms. The van der Waals surface area contributed by atoms with E-state index in [1.807, 2.05) is 0 Å². The van der Waals surface area contributed by atoms with E-state index < -0.39 is 0 Å². The molecule has 1 atom stereocenters. The van der Waals surface area contributed by atoms with Crippen LogP contribution in [0.3, 0.4) is 0 Å². The normalized spacial score (nSPS) is 24.9. The lowest BCUT2D eigenvalue weighted by Crippen LogP contribution is -2.43. The van der Waals surface area contributed by atoms with Crippen molar-refractivity contribution >= 4 is 0 Å². The average Bonchev–Trinajstić information content (AvgIpc) is 2.47. The Morgan fingerprint density at radius 2 is 2.00 bits per heavy atom. The van der Waals surface area contributed by atoms with Crippen LogP contribution in [0, 0.1) is 0 Å². The van der Waals surface area contributed by atoms with E-state index in [2.05, 4.69) is 37.9 Å². The summed E-state index contributed by atoms with van der Waals surface area (Å²) in [6.07, 6.45) is 2.75. The monoisotopic (exact) mass is 184 g/mol. The average molecular weight is 184 g/mol. The third-order valence-electron chi connectivity index (χ3n) is 2.85. The van der Waals surface area contributed by atoms with Crippen molar-refractivity contribution in [2.24, 2.45) is 0 Å². The van der Waals surface area contributed by atoms with Crippen LogP contribution in [-0.2, 0) is 0 Å². The number of hydrogen-bond donors (Lipinski definition) is 1. The van der Waals surface area contributed by atoms with Crippen LogP contribution in [0.25, 0.3) is 0 Å². The second kappa shape index (κ2) is 4.97. The highest BCUT2D eigenvalue weighted by molar-refractivity contribution is 4.83. The van der Waals surface area contributed by atoms with Crippen molar-refractivity contribution in [3.8, 4) is 0 Å². The molecule has 0 bridgehead atoms. The maximum atomic E-state index is 3.53. The highest BCUT2D eigenvalue weighted by atomic mass is 15.2. The third kappa shape index (κ3) is 3.28. The fraction of sp³-hybridized carbons (Fsp3) is 1.00. The molecule has 1 fully saturated rings. The fourth-order valence-electron chi connectivity index (χ4n) is 2.13. The zero-order valence-electron chi connectivity index (χ0n) is 9.51. The molecule has 1 unspecified atom stereocenters. The van der Waals surface area contributed by atoms with Crippen LogP contribution in [0.5, 0.6) is 0 Å². The molecular formula is C11H24N2. The van der Waals surface area contributed by atoms with Crippen molar-refractivity contribution < 1.29 is 0 Å². The quantitative estimate of drug-likeness (QED) is 0.717. The van der Waals surface area contributed by atoms with Gasteiger partial charge in [-0.15, -0.1) is 0 Å². The molecule has 0 radical (unpaired) electrons. The van der Waals surface area contributed by atoms with Gasteiger partial charge in [-0.05, 0) is 33.2 Å². The molecule has 1 aliphatic rings. The van der Waals surface area contributed by atoms with E-state index in [9.17, 15) is 0 Å². The summed E-state index contributed by atoms with van der Waals surface area (Å²) >= 11 is 0. The van der Waals surface area contributed by atoms with Crippen molar-refractivity contribution in [2.45, 2.75) is 58.7 Å². The molecule has 1 aliphatic heterocycles. The Balaban J connectivity index is 2.31. The first-order valence-electron chi connectivity index (χ1n) is 5.60. The molecule has 0 aromatic carbocycles. The van der Waals surface area contributed by atoms with Gasteiger partial charge in [0.25, 0.3) is 0 Å². The zero-order valence-corrected chi connectivity index (χ0v) is 9.51. The number of likely N-dealkylation sites (tertiary alicyclic amines) is 1. The van der Waals surface area contributed by atoms with Gasteiger partial charge in [-0.2, -0.15) is 0 Å². The summed E-state index contributed by atoms with van der Waals surface area (Å²) < 4.78 is 0. The van der Waals surface area contributed by atoms with Crippen LogP contribution in [0.2, 0.25) is 0 Å². The van der Waals surface area contributed by atoms with Gasteiger partial charge in [0.2, 0.25) is 0 Å². The number of nitrogens with one attached hydrogen (secondary N) is 1. The van der Waals surface area contributed by atoms with E-state index in [1.54, 1.807) is 0 Å². The summed E-state index contributed by atoms with van der Waals surface area (Å²) in [5.41, 5.74) is 0. The van der Waals surface area contributed by atoms with E-state index in [0.717, 1.165) is 12.6 Å². The van der Waals surface area contributed by atoms with Crippen molar-refractivity contribution in [1.82, 2.24) is 10.2 Å². The van der Waals surface area contributed by atoms with E-state index in [1.165, 1.54) is 19.4 Å². The molecule has 13 heavy (non-hydrogen) atoms. The van der Waals surface area contributed by atoms with Crippen molar-refractivity contribution in [1.29, 1.82) is 0 Å². The number of nitrogens with zero attached hydrogens (tertiary/aromatic N) is 1. The minimum Gasteiger partial charge on any atom is -0.313 e. The van der Waals surface area contributed by atoms with E-state index in [0.29, 0.717) is 12.1 Å². The van der Waals surface area contributed by atoms with Gasteiger partial charge < -0.3 is 5.32 Å². The lowest BCUT2D eigenvalue weighted by Gasteiger charge is -2.29. The predicted molar refractivity (Wildman–Crippen MR) is 58.0 cm³/mol. The van der Waals surface area contributed by atoms with Crippen LogP contribution < -0.4 is 5.32 Å². The van der Waals surface area contributed by atoms with Crippen LogP contribution >= 0.6 is 0 Å². The predicted octanol–water partition coefficient (Wildman–Crippen LogP) is 1.86. The minimum atomic E-state index is 0.620. The second-order valence-corrected chi connectivity index (χ2v) is 4.69. The number of hydrogen-bond acceptors (Lipinski definition) is 2. The van der Waals surface area contributed by atoms with Gasteiger partial charge in [0.15, 0.2) is 0 Å². The molecule has 78 valence electrons. The van der Waals surface area contributed by atoms with Crippen molar-refractivity contribution in [3.63, 3.8) is 0 Å². The second-order valence-electron chi connectivity index (χ2n) is 4.69. The van der Waals surface area contributed by atoms with Crippen molar-refractivity contribution in [3.05, 3.63) is 0 Å². The molecule has 1 rings (SSSR count). The highest BCUT2D eigenvalue weighted by Gasteiger charge is 2.25. The molecule has 1 saturated heterocycles. The lowest BCUT2D eigenvalue weighted by atomic mass is 10.2. The van der Waals surface area contributed by atoms with Crippen LogP contribution in [-0.4, -0.2) is 36.1 Å². The SMILES string of the molecule is CC(C)NCC1CCCN1C(C)C. The highest BCUT2D eigenvalue weighted by Crippen LogP contribution is 2.19. The Morgan fingerprint density at radius 3 is 2.54 bits per heavy atom. The molecule has 0 amide bonds. The fourth-order valence-corrected chi connectivity index (χ4v) is 2.13. The molecule has 1 heterocycles. The summed E-state index contributed by atoms with van der Waals surface area (Å²) in [6, 6.07) is 2.11. The van der Waals surface area contributed by atoms with E-state index in [4.69, 9.17) is 0 Å². The van der Waals surface area contributed by atoms with Gasteiger partial charge in [-0.1, -0.05) is 13.8 Å². The Labute approximate surface area is 82.7 Å². The van der Waals surface area contributed by atoms with Gasteiger partial charge in [0.05, 0.1) is 0 Å². The molecule has 0 aromatic heterocycles. The standard InChI is InChI=1S/C11H24N2/c1-9(2)12-8-11-6-5-7-13(11)10(3)4/h9-12H,5-8H2,1-4H3. The smallest absolute Gasteiger partial charge is 0.0223 e. The Hall–Kier alpha value is -0.0800. The van der Waals surface area contributed by atoms with Crippen LogP contribution in [0.4, 0.5) is 0 Å². The van der Waals surface area contributed by atoms with Gasteiger partial charge in [-0.25, -0.2) is 0 Å². The Morgan fingerprint density at radius 1 is 1.31 bits per heavy atom. The third-order valence-corrected chi connectivity index (χ3v) is 2.85. The first-order chi connectivity index (χ1) is 6.11. The summed E-state index contributed by atoms with van der Waals surface area (Å²) in [5.74, 6) is 0. The molecule has 2 nitrogen and oxygen atoms in total. The van der Waals surface area contributed by atoms with Crippen LogP contribution in [0.15, 0.2) is 0 Å². The minimum absolute atomic E-state index is 0.620. The lowest BCUT2D eigenvalue weighted by molar-refractivity contribution is 0.197. The van der Waals surface area contributed by atoms with Crippen LogP contribution in [0.1, 0.15) is 40.5 Å². The Kier molecular flexibility index (Phi) is 4.20. The maximum Gasteiger partial charge on any atom is 0.0223 e. The summed E-state index contributed by atoms with van der Waals surface area (Å²) in [7, 11) is 0. The van der Waals surface area contributed by atoms with E-state index in [-0.39, 0.29) is 0 Å². The molecule has 0 aromatic rings. The summed E-state index contributed by atoms with van der Waals surface area (Å²) in [6.45, 7) is 11.5.